The Morgan fingerprint density at radius 3 is 2.61 bits per heavy atom. The molecule has 4 aliphatic rings. The molecule has 2 heterocycles. The van der Waals surface area contributed by atoms with Crippen LogP contribution in [0.5, 0.6) is 0 Å². The van der Waals surface area contributed by atoms with Crippen LogP contribution in [0.25, 0.3) is 0 Å². The summed E-state index contributed by atoms with van der Waals surface area (Å²) in [5.41, 5.74) is 1.68. The maximum Gasteiger partial charge on any atom is 0.112 e. The lowest BCUT2D eigenvalue weighted by atomic mass is 9.43. The van der Waals surface area contributed by atoms with Crippen LogP contribution in [0.2, 0.25) is 0 Å². The minimum atomic E-state index is -0.989. The van der Waals surface area contributed by atoms with E-state index in [1.807, 2.05) is 24.4 Å². The fourth-order valence-electron chi connectivity index (χ4n) is 8.53. The molecule has 9 atom stereocenters. The van der Waals surface area contributed by atoms with E-state index in [1.54, 1.807) is 6.20 Å². The Hall–Kier alpha value is -1.76. The van der Waals surface area contributed by atoms with Crippen LogP contribution in [0, 0.1) is 34.5 Å². The van der Waals surface area contributed by atoms with E-state index in [4.69, 9.17) is 0 Å². The van der Waals surface area contributed by atoms with Crippen molar-refractivity contribution in [2.24, 2.45) is 34.5 Å². The smallest absolute Gasteiger partial charge is 0.112 e. The number of aliphatic hydroxyl groups excluding tert-OH is 2. The van der Waals surface area contributed by atoms with Crippen molar-refractivity contribution in [2.45, 2.75) is 70.2 Å². The lowest BCUT2D eigenvalue weighted by Gasteiger charge is -2.63. The largest absolute Gasteiger partial charge is 0.390 e. The summed E-state index contributed by atoms with van der Waals surface area (Å²) in [7, 11) is 0. The van der Waals surface area contributed by atoms with E-state index in [0.717, 1.165) is 43.5 Å². The van der Waals surface area contributed by atoms with Gasteiger partial charge in [-0.05, 0) is 85.3 Å². The number of nitrogens with one attached hydrogen (secondary N) is 1. The minimum absolute atomic E-state index is 0.0128. The Kier molecular flexibility index (Phi) is 4.10. The molecule has 0 bridgehead atoms. The zero-order valence-corrected chi connectivity index (χ0v) is 18.3. The summed E-state index contributed by atoms with van der Waals surface area (Å²) in [6.07, 6.45) is 7.19. The maximum absolute atomic E-state index is 11.9. The summed E-state index contributed by atoms with van der Waals surface area (Å²) in [4.78, 5) is 4.53. The molecule has 0 saturated heterocycles. The van der Waals surface area contributed by atoms with Gasteiger partial charge in [0.05, 0.1) is 24.1 Å². The van der Waals surface area contributed by atoms with E-state index >= 15 is 0 Å². The van der Waals surface area contributed by atoms with E-state index in [2.05, 4.69) is 29.0 Å². The Balaban J connectivity index is 1.41. The van der Waals surface area contributed by atoms with Gasteiger partial charge in [0.2, 0.25) is 0 Å². The molecule has 0 spiro atoms. The molecule has 6 heteroatoms. The molecule has 31 heavy (non-hydrogen) atoms. The second-order valence-corrected chi connectivity index (χ2v) is 11.2. The van der Waals surface area contributed by atoms with Gasteiger partial charge in [0, 0.05) is 17.3 Å². The average Bonchev–Trinajstić information content (AvgIpc) is 3.33. The van der Waals surface area contributed by atoms with Crippen molar-refractivity contribution < 1.29 is 15.3 Å². The minimum Gasteiger partial charge on any atom is -0.390 e. The normalized spacial score (nSPS) is 48.4. The summed E-state index contributed by atoms with van der Waals surface area (Å²) in [5, 5.41) is 42.1. The number of hydrogen-bond donors (Lipinski definition) is 4. The van der Waals surface area contributed by atoms with Gasteiger partial charge in [0.1, 0.15) is 5.60 Å². The molecular formula is C25H33N3O3. The predicted octanol–water partition coefficient (Wildman–Crippen LogP) is 2.59. The number of pyridine rings is 1. The number of hydrogen-bond acceptors (Lipinski definition) is 5. The standard InChI is InChI=1S/C25H33N3O3/c1-23-12-14-13-27-28-18(14)11-17(23)21(29)22(30)20-15(23)6-8-24(2)16(20)7-9-25(24,31)19-5-3-4-10-26-19/h3-5,10,13,15-17,20-22,29-31H,6-9,11-12H2,1-2H3,(H,27,28)/t15-,16-,17+,20+,21+,22+,23+,24-,25+/m0/s1. The van der Waals surface area contributed by atoms with Crippen molar-refractivity contribution in [1.29, 1.82) is 0 Å². The third kappa shape index (κ3) is 2.39. The lowest BCUT2D eigenvalue weighted by Crippen LogP contribution is -2.65. The highest BCUT2D eigenvalue weighted by Gasteiger charge is 2.68. The number of aromatic nitrogens is 3. The molecule has 3 fully saturated rings. The number of H-pyrrole nitrogens is 1. The Morgan fingerprint density at radius 2 is 1.84 bits per heavy atom. The number of rotatable bonds is 1. The SMILES string of the molecule is C[C@]12Cc3cn[nH]c3C[C@@H]1[C@@H](O)[C@H](O)[C@@H]1[C@@H]2CC[C@@]2(C)[C@H]1CC[C@@]2(O)c1ccccn1. The summed E-state index contributed by atoms with van der Waals surface area (Å²) in [5.74, 6) is 0.493. The van der Waals surface area contributed by atoms with Gasteiger partial charge in [0.25, 0.3) is 0 Å². The van der Waals surface area contributed by atoms with Gasteiger partial charge in [0.15, 0.2) is 0 Å². The number of fused-ring (bicyclic) bond motifs is 6. The highest BCUT2D eigenvalue weighted by atomic mass is 16.3. The molecule has 4 N–H and O–H groups in total. The average molecular weight is 424 g/mol. The van der Waals surface area contributed by atoms with Crippen LogP contribution in [0.1, 0.15) is 56.5 Å². The van der Waals surface area contributed by atoms with Crippen molar-refractivity contribution in [3.05, 3.63) is 47.5 Å². The van der Waals surface area contributed by atoms with Gasteiger partial charge in [-0.25, -0.2) is 0 Å². The van der Waals surface area contributed by atoms with Gasteiger partial charge in [-0.2, -0.15) is 5.10 Å². The monoisotopic (exact) mass is 423 g/mol. The molecule has 166 valence electrons. The molecule has 6 nitrogen and oxygen atoms in total. The first kappa shape index (κ1) is 19.9. The van der Waals surface area contributed by atoms with Crippen molar-refractivity contribution in [2.75, 3.05) is 0 Å². The van der Waals surface area contributed by atoms with E-state index in [-0.39, 0.29) is 28.6 Å². The van der Waals surface area contributed by atoms with E-state index < -0.39 is 17.8 Å². The molecule has 4 aliphatic carbocycles. The molecule has 0 radical (unpaired) electrons. The summed E-state index contributed by atoms with van der Waals surface area (Å²) in [6.45, 7) is 4.51. The molecule has 2 aromatic heterocycles. The van der Waals surface area contributed by atoms with Crippen molar-refractivity contribution >= 4 is 0 Å². The van der Waals surface area contributed by atoms with Crippen molar-refractivity contribution in [1.82, 2.24) is 15.2 Å². The van der Waals surface area contributed by atoms with Crippen molar-refractivity contribution in [3.63, 3.8) is 0 Å². The molecule has 0 amide bonds. The van der Waals surface area contributed by atoms with Crippen molar-refractivity contribution in [3.8, 4) is 0 Å². The maximum atomic E-state index is 11.9. The summed E-state index contributed by atoms with van der Waals surface area (Å²) in [6, 6.07) is 5.76. The molecule has 0 unspecified atom stereocenters. The Labute approximate surface area is 183 Å². The zero-order valence-electron chi connectivity index (χ0n) is 18.3. The summed E-state index contributed by atoms with van der Waals surface area (Å²) >= 11 is 0. The van der Waals surface area contributed by atoms with Gasteiger partial charge < -0.3 is 15.3 Å². The molecule has 3 saturated carbocycles. The first-order valence-electron chi connectivity index (χ1n) is 11.8. The second-order valence-electron chi connectivity index (χ2n) is 11.2. The molecular weight excluding hydrogens is 390 g/mol. The van der Waals surface area contributed by atoms with Crippen LogP contribution >= 0.6 is 0 Å². The van der Waals surface area contributed by atoms with Gasteiger partial charge >= 0.3 is 0 Å². The highest BCUT2D eigenvalue weighted by Crippen LogP contribution is 2.69. The molecule has 2 aromatic rings. The lowest BCUT2D eigenvalue weighted by molar-refractivity contribution is -0.220. The van der Waals surface area contributed by atoms with Crippen LogP contribution in [0.3, 0.4) is 0 Å². The summed E-state index contributed by atoms with van der Waals surface area (Å²) < 4.78 is 0. The predicted molar refractivity (Wildman–Crippen MR) is 115 cm³/mol. The number of aromatic amines is 1. The zero-order chi connectivity index (χ0) is 21.6. The van der Waals surface area contributed by atoms with Crippen LogP contribution in [0.4, 0.5) is 0 Å². The highest BCUT2D eigenvalue weighted by molar-refractivity contribution is 5.29. The third-order valence-electron chi connectivity index (χ3n) is 10.2. The number of nitrogens with zero attached hydrogens (tertiary/aromatic N) is 2. The Bertz CT molecular complexity index is 995. The van der Waals surface area contributed by atoms with E-state index in [0.29, 0.717) is 12.3 Å². The van der Waals surface area contributed by atoms with E-state index in [1.165, 1.54) is 5.56 Å². The van der Waals surface area contributed by atoms with Crippen LogP contribution in [0.15, 0.2) is 30.6 Å². The fraction of sp³-hybridized carbons (Fsp3) is 0.680. The number of aliphatic hydroxyl groups is 3. The molecule has 0 aliphatic heterocycles. The van der Waals surface area contributed by atoms with Crippen LogP contribution < -0.4 is 0 Å². The third-order valence-corrected chi connectivity index (χ3v) is 10.2. The first-order chi connectivity index (χ1) is 14.8. The fourth-order valence-corrected chi connectivity index (χ4v) is 8.53. The molecule has 0 aromatic carbocycles. The second kappa shape index (κ2) is 6.40. The van der Waals surface area contributed by atoms with Crippen LogP contribution in [-0.4, -0.2) is 42.7 Å². The van der Waals surface area contributed by atoms with Gasteiger partial charge in [-0.1, -0.05) is 19.9 Å². The Morgan fingerprint density at radius 1 is 1.03 bits per heavy atom. The van der Waals surface area contributed by atoms with Gasteiger partial charge in [-0.3, -0.25) is 10.1 Å². The van der Waals surface area contributed by atoms with E-state index in [9.17, 15) is 15.3 Å². The quantitative estimate of drug-likeness (QED) is 0.565. The molecule has 6 rings (SSSR count). The van der Waals surface area contributed by atoms with Gasteiger partial charge in [-0.15, -0.1) is 0 Å². The topological polar surface area (TPSA) is 102 Å². The van der Waals surface area contributed by atoms with Crippen LogP contribution in [-0.2, 0) is 18.4 Å². The first-order valence-corrected chi connectivity index (χ1v) is 11.8.